The standard InChI is InChI=1S/C31H27NO/c1-4-22-13-15-23(16-14-22)21-32-28-12-8-7-11-27(28)30(2,3)31(32)20-19-26-25-10-6-5-9-24(25)17-18-29(26)33-31/h4-20H,1,21H2,2-3H3. The first-order valence-corrected chi connectivity index (χ1v) is 11.5. The van der Waals surface area contributed by atoms with E-state index in [0.29, 0.717) is 0 Å². The highest BCUT2D eigenvalue weighted by atomic mass is 16.5. The molecule has 1 unspecified atom stereocenters. The monoisotopic (exact) mass is 429 g/mol. The molecule has 2 heterocycles. The zero-order chi connectivity index (χ0) is 22.6. The molecule has 4 aromatic carbocycles. The van der Waals surface area contributed by atoms with Gasteiger partial charge in [-0.25, -0.2) is 0 Å². The molecule has 0 N–H and O–H groups in total. The third kappa shape index (κ3) is 2.80. The molecule has 0 radical (unpaired) electrons. The molecule has 33 heavy (non-hydrogen) atoms. The lowest BCUT2D eigenvalue weighted by Gasteiger charge is -2.47. The van der Waals surface area contributed by atoms with Gasteiger partial charge in [0, 0.05) is 17.8 Å². The van der Waals surface area contributed by atoms with Gasteiger partial charge in [0.25, 0.3) is 0 Å². The highest BCUT2D eigenvalue weighted by molar-refractivity contribution is 5.94. The third-order valence-electron chi connectivity index (χ3n) is 7.39. The van der Waals surface area contributed by atoms with Gasteiger partial charge in [-0.2, -0.15) is 0 Å². The predicted octanol–water partition coefficient (Wildman–Crippen LogP) is 7.58. The second-order valence-electron chi connectivity index (χ2n) is 9.50. The van der Waals surface area contributed by atoms with E-state index in [0.717, 1.165) is 23.4 Å². The fraction of sp³-hybridized carbons (Fsp3) is 0.161. The van der Waals surface area contributed by atoms with E-state index >= 15 is 0 Å². The van der Waals surface area contributed by atoms with Gasteiger partial charge in [-0.15, -0.1) is 0 Å². The number of rotatable bonds is 3. The van der Waals surface area contributed by atoms with Crippen molar-refractivity contribution in [3.8, 4) is 5.75 Å². The Kier molecular flexibility index (Phi) is 4.28. The smallest absolute Gasteiger partial charge is 0.212 e. The lowest BCUT2D eigenvalue weighted by Crippen LogP contribution is -2.59. The maximum absolute atomic E-state index is 7.04. The second-order valence-corrected chi connectivity index (χ2v) is 9.50. The highest BCUT2D eigenvalue weighted by Gasteiger charge is 2.58. The summed E-state index contributed by atoms with van der Waals surface area (Å²) in [6, 6.07) is 30.1. The van der Waals surface area contributed by atoms with Crippen LogP contribution in [0.5, 0.6) is 5.75 Å². The van der Waals surface area contributed by atoms with Crippen LogP contribution in [0.3, 0.4) is 0 Å². The molecule has 2 aliphatic rings. The number of hydrogen-bond donors (Lipinski definition) is 0. The largest absolute Gasteiger partial charge is 0.463 e. The van der Waals surface area contributed by atoms with E-state index < -0.39 is 5.72 Å². The van der Waals surface area contributed by atoms with Gasteiger partial charge < -0.3 is 9.64 Å². The molecule has 0 fully saturated rings. The zero-order valence-corrected chi connectivity index (χ0v) is 19.1. The van der Waals surface area contributed by atoms with E-state index in [1.54, 1.807) is 0 Å². The number of ether oxygens (including phenoxy) is 1. The Morgan fingerprint density at radius 1 is 0.879 bits per heavy atom. The summed E-state index contributed by atoms with van der Waals surface area (Å²) in [6.45, 7) is 9.23. The Balaban J connectivity index is 1.51. The fourth-order valence-corrected chi connectivity index (χ4v) is 5.51. The van der Waals surface area contributed by atoms with E-state index in [4.69, 9.17) is 4.74 Å². The van der Waals surface area contributed by atoms with Gasteiger partial charge in [-0.1, -0.05) is 85.5 Å². The summed E-state index contributed by atoms with van der Waals surface area (Å²) < 4.78 is 7.04. The van der Waals surface area contributed by atoms with E-state index in [-0.39, 0.29) is 5.41 Å². The number of benzene rings is 4. The maximum atomic E-state index is 7.04. The van der Waals surface area contributed by atoms with E-state index in [9.17, 15) is 0 Å². The van der Waals surface area contributed by atoms with Crippen LogP contribution >= 0.6 is 0 Å². The molecule has 0 saturated heterocycles. The minimum atomic E-state index is -0.622. The van der Waals surface area contributed by atoms with Crippen molar-refractivity contribution in [3.63, 3.8) is 0 Å². The van der Waals surface area contributed by atoms with Crippen LogP contribution < -0.4 is 9.64 Å². The number of hydrogen-bond acceptors (Lipinski definition) is 2. The normalized spacial score (nSPS) is 19.9. The van der Waals surface area contributed by atoms with Gasteiger partial charge in [0.15, 0.2) is 0 Å². The summed E-state index contributed by atoms with van der Waals surface area (Å²) in [5.74, 6) is 0.934. The van der Waals surface area contributed by atoms with Crippen LogP contribution in [0, 0.1) is 0 Å². The van der Waals surface area contributed by atoms with Crippen molar-refractivity contribution in [2.75, 3.05) is 4.90 Å². The van der Waals surface area contributed by atoms with Gasteiger partial charge in [0.05, 0.1) is 5.41 Å². The van der Waals surface area contributed by atoms with E-state index in [1.165, 1.54) is 27.6 Å². The van der Waals surface area contributed by atoms with E-state index in [2.05, 4.69) is 122 Å². The third-order valence-corrected chi connectivity index (χ3v) is 7.39. The lowest BCUT2D eigenvalue weighted by molar-refractivity contribution is 0.0523. The summed E-state index contributed by atoms with van der Waals surface area (Å²) in [6.07, 6.45) is 6.43. The van der Waals surface area contributed by atoms with Crippen molar-refractivity contribution in [1.82, 2.24) is 0 Å². The number of fused-ring (bicyclic) bond motifs is 4. The highest BCUT2D eigenvalue weighted by Crippen LogP contribution is 2.55. The molecule has 0 bridgehead atoms. The maximum Gasteiger partial charge on any atom is 0.212 e. The number of anilines is 1. The SMILES string of the molecule is C=Cc1ccc(CN2c3ccccc3C(C)(C)C23C=Cc2c(ccc4ccccc24)O3)cc1. The minimum Gasteiger partial charge on any atom is -0.463 e. The van der Waals surface area contributed by atoms with Crippen LogP contribution in [-0.2, 0) is 12.0 Å². The summed E-state index contributed by atoms with van der Waals surface area (Å²) in [4.78, 5) is 2.43. The summed E-state index contributed by atoms with van der Waals surface area (Å²) in [7, 11) is 0. The van der Waals surface area contributed by atoms with Crippen LogP contribution in [0.4, 0.5) is 5.69 Å². The molecule has 1 atom stereocenters. The molecular weight excluding hydrogens is 402 g/mol. The second kappa shape index (κ2) is 7.11. The van der Waals surface area contributed by atoms with Gasteiger partial charge in [0.1, 0.15) is 5.75 Å². The molecule has 2 heteroatoms. The first kappa shape index (κ1) is 19.9. The summed E-state index contributed by atoms with van der Waals surface area (Å²) in [5.41, 5.74) is 5.19. The number of nitrogens with zero attached hydrogens (tertiary/aromatic N) is 1. The molecule has 0 aliphatic carbocycles. The van der Waals surface area contributed by atoms with Crippen molar-refractivity contribution < 1.29 is 4.74 Å². The van der Waals surface area contributed by atoms with Gasteiger partial charge >= 0.3 is 0 Å². The Labute approximate surface area is 195 Å². The predicted molar refractivity (Wildman–Crippen MR) is 139 cm³/mol. The molecule has 4 aromatic rings. The quantitative estimate of drug-likeness (QED) is 0.333. The van der Waals surface area contributed by atoms with Crippen LogP contribution in [0.15, 0.2) is 97.6 Å². The Morgan fingerprint density at radius 3 is 2.45 bits per heavy atom. The molecule has 1 spiro atoms. The molecule has 0 aromatic heterocycles. The molecule has 162 valence electrons. The van der Waals surface area contributed by atoms with Gasteiger partial charge in [-0.05, 0) is 65.6 Å². The Morgan fingerprint density at radius 2 is 1.64 bits per heavy atom. The molecule has 0 saturated carbocycles. The first-order valence-electron chi connectivity index (χ1n) is 11.5. The van der Waals surface area contributed by atoms with Crippen molar-refractivity contribution >= 4 is 28.6 Å². The summed E-state index contributed by atoms with van der Waals surface area (Å²) in [5, 5.41) is 2.45. The first-order chi connectivity index (χ1) is 16.0. The topological polar surface area (TPSA) is 12.5 Å². The van der Waals surface area contributed by atoms with Gasteiger partial charge in [-0.3, -0.25) is 0 Å². The molecular formula is C31H27NO. The van der Waals surface area contributed by atoms with Crippen molar-refractivity contribution in [2.45, 2.75) is 31.5 Å². The van der Waals surface area contributed by atoms with Crippen LogP contribution in [0.25, 0.3) is 22.9 Å². The molecule has 2 aliphatic heterocycles. The number of para-hydroxylation sites is 1. The summed E-state index contributed by atoms with van der Waals surface area (Å²) >= 11 is 0. The lowest BCUT2D eigenvalue weighted by atomic mass is 9.76. The van der Waals surface area contributed by atoms with Gasteiger partial charge in [0.2, 0.25) is 5.72 Å². The fourth-order valence-electron chi connectivity index (χ4n) is 5.51. The Bertz CT molecular complexity index is 1410. The van der Waals surface area contributed by atoms with Crippen molar-refractivity contribution in [1.29, 1.82) is 0 Å². The van der Waals surface area contributed by atoms with Crippen molar-refractivity contribution in [2.24, 2.45) is 0 Å². The van der Waals surface area contributed by atoms with E-state index in [1.807, 2.05) is 6.08 Å². The minimum absolute atomic E-state index is 0.246. The van der Waals surface area contributed by atoms with Crippen LogP contribution in [0.2, 0.25) is 0 Å². The average Bonchev–Trinajstić information content (AvgIpc) is 3.03. The Hall–Kier alpha value is -3.78. The molecule has 2 nitrogen and oxygen atoms in total. The van der Waals surface area contributed by atoms with Crippen LogP contribution in [0.1, 0.15) is 36.1 Å². The average molecular weight is 430 g/mol. The van der Waals surface area contributed by atoms with Crippen LogP contribution in [-0.4, -0.2) is 5.72 Å². The zero-order valence-electron chi connectivity index (χ0n) is 19.1. The molecule has 0 amide bonds. The van der Waals surface area contributed by atoms with Crippen molar-refractivity contribution in [3.05, 3.63) is 120 Å². The molecule has 6 rings (SSSR count).